The number of halogens is 1. The minimum absolute atomic E-state index is 0.132. The molecule has 8 nitrogen and oxygen atoms in total. The van der Waals surface area contributed by atoms with Gasteiger partial charge in [-0.2, -0.15) is 5.10 Å². The molecule has 0 atom stereocenters. The summed E-state index contributed by atoms with van der Waals surface area (Å²) in [7, 11) is 0. The van der Waals surface area contributed by atoms with Crippen molar-refractivity contribution in [3.05, 3.63) is 29.4 Å². The number of anilines is 1. The van der Waals surface area contributed by atoms with Gasteiger partial charge in [0.1, 0.15) is 0 Å². The quantitative estimate of drug-likeness (QED) is 0.578. The molecular weight excluding hydrogens is 432 g/mol. The molecule has 0 saturated heterocycles. The number of aromatic nitrogens is 3. The van der Waals surface area contributed by atoms with Gasteiger partial charge >= 0.3 is 0 Å². The summed E-state index contributed by atoms with van der Waals surface area (Å²) in [6.07, 6.45) is 2.19. The van der Waals surface area contributed by atoms with Crippen molar-refractivity contribution in [2.45, 2.75) is 53.2 Å². The Kier molecular flexibility index (Phi) is 5.55. The van der Waals surface area contributed by atoms with E-state index in [0.717, 1.165) is 11.1 Å². The highest BCUT2D eigenvalue weighted by Crippen LogP contribution is 2.44. The van der Waals surface area contributed by atoms with Gasteiger partial charge in [-0.3, -0.25) is 4.79 Å². The number of aliphatic hydroxyl groups is 1. The number of carbonyl (C=O) groups excluding carboxylic acids is 1. The number of hydrogen-bond donors (Lipinski definition) is 2. The van der Waals surface area contributed by atoms with Gasteiger partial charge in [0, 0.05) is 29.3 Å². The van der Waals surface area contributed by atoms with Crippen LogP contribution in [-0.2, 0) is 11.3 Å². The van der Waals surface area contributed by atoms with Gasteiger partial charge in [0.05, 0.1) is 16.0 Å². The van der Waals surface area contributed by atoms with E-state index in [-0.39, 0.29) is 12.7 Å². The Bertz CT molecular complexity index is 1190. The molecule has 1 aromatic carbocycles. The van der Waals surface area contributed by atoms with Crippen molar-refractivity contribution in [3.63, 3.8) is 0 Å². The fourth-order valence-electron chi connectivity index (χ4n) is 3.29. The minimum atomic E-state index is -0.854. The lowest BCUT2D eigenvalue weighted by Crippen LogP contribution is -2.28. The number of nitrogens with one attached hydrogen (secondary N) is 1. The highest BCUT2D eigenvalue weighted by molar-refractivity contribution is 6.35. The van der Waals surface area contributed by atoms with Crippen LogP contribution in [0.15, 0.2) is 24.4 Å². The molecule has 4 rings (SSSR count). The molecule has 2 N–H and O–H groups in total. The number of benzene rings is 1. The third-order valence-electron chi connectivity index (χ3n) is 5.23. The molecule has 1 amide bonds. The lowest BCUT2D eigenvalue weighted by Gasteiger charge is -2.17. The van der Waals surface area contributed by atoms with Gasteiger partial charge < -0.3 is 19.9 Å². The first-order valence-corrected chi connectivity index (χ1v) is 10.8. The molecule has 0 bridgehead atoms. The van der Waals surface area contributed by atoms with Gasteiger partial charge in [0.2, 0.25) is 12.7 Å². The van der Waals surface area contributed by atoms with Gasteiger partial charge in [0.25, 0.3) is 0 Å². The molecule has 170 valence electrons. The summed E-state index contributed by atoms with van der Waals surface area (Å²) in [6.45, 7) is 9.58. The number of fused-ring (bicyclic) bond motifs is 2. The molecule has 3 heterocycles. The van der Waals surface area contributed by atoms with Crippen molar-refractivity contribution in [3.8, 4) is 22.6 Å². The molecular formula is C23H27ClN4O4. The summed E-state index contributed by atoms with van der Waals surface area (Å²) in [4.78, 5) is 17.3. The maximum Gasteiger partial charge on any atom is 0.231 e. The highest BCUT2D eigenvalue weighted by atomic mass is 35.5. The molecule has 2 aromatic heterocycles. The SMILES string of the molecule is CC(C)(O)CCn1nc(NC(=O)C(C)(C)C)c2cc(-c3ccc4c(c3Cl)OCO4)cnc21. The molecule has 0 radical (unpaired) electrons. The average Bonchev–Trinajstić information content (AvgIpc) is 3.30. The zero-order chi connectivity index (χ0) is 23.3. The van der Waals surface area contributed by atoms with Crippen LogP contribution in [0.2, 0.25) is 5.02 Å². The van der Waals surface area contributed by atoms with E-state index in [4.69, 9.17) is 21.1 Å². The number of amides is 1. The second kappa shape index (κ2) is 7.94. The Hall–Kier alpha value is -2.84. The maximum atomic E-state index is 12.7. The number of aryl methyl sites for hydroxylation is 1. The molecule has 3 aromatic rings. The molecule has 9 heteroatoms. The summed E-state index contributed by atoms with van der Waals surface area (Å²) in [5.41, 5.74) is 0.665. The van der Waals surface area contributed by atoms with E-state index in [1.165, 1.54) is 0 Å². The van der Waals surface area contributed by atoms with Crippen LogP contribution in [0.3, 0.4) is 0 Å². The average molecular weight is 459 g/mol. The summed E-state index contributed by atoms with van der Waals surface area (Å²) >= 11 is 6.58. The molecule has 0 fully saturated rings. The predicted molar refractivity (Wildman–Crippen MR) is 123 cm³/mol. The van der Waals surface area contributed by atoms with E-state index in [2.05, 4.69) is 15.4 Å². The minimum Gasteiger partial charge on any atom is -0.454 e. The molecule has 0 unspecified atom stereocenters. The molecule has 0 aliphatic carbocycles. The first-order chi connectivity index (χ1) is 14.9. The zero-order valence-electron chi connectivity index (χ0n) is 18.8. The predicted octanol–water partition coefficient (Wildman–Crippen LogP) is 4.63. The van der Waals surface area contributed by atoms with Gasteiger partial charge in [-0.1, -0.05) is 32.4 Å². The number of nitrogens with zero attached hydrogens (tertiary/aromatic N) is 3. The molecule has 0 saturated carbocycles. The van der Waals surface area contributed by atoms with Crippen LogP contribution >= 0.6 is 11.6 Å². The van der Waals surface area contributed by atoms with Gasteiger partial charge in [-0.15, -0.1) is 0 Å². The van der Waals surface area contributed by atoms with E-state index in [9.17, 15) is 9.90 Å². The highest BCUT2D eigenvalue weighted by Gasteiger charge is 2.25. The van der Waals surface area contributed by atoms with Crippen LogP contribution in [0.25, 0.3) is 22.2 Å². The van der Waals surface area contributed by atoms with Crippen LogP contribution in [-0.4, -0.2) is 38.2 Å². The number of pyridine rings is 1. The van der Waals surface area contributed by atoms with Crippen LogP contribution in [0.5, 0.6) is 11.5 Å². The molecule has 1 aliphatic heterocycles. The Morgan fingerprint density at radius 2 is 2.00 bits per heavy atom. The maximum absolute atomic E-state index is 12.7. The molecule has 1 aliphatic rings. The van der Waals surface area contributed by atoms with Crippen LogP contribution in [0, 0.1) is 5.41 Å². The standard InChI is InChI=1S/C23H27ClN4O4/c1-22(2,3)21(29)26-19-15-10-13(14-6-7-16-18(17(14)24)32-12-31-16)11-25-20(15)28(27-19)9-8-23(4,5)30/h6-7,10-11,30H,8-9,12H2,1-5H3,(H,26,27,29). The Morgan fingerprint density at radius 1 is 1.25 bits per heavy atom. The topological polar surface area (TPSA) is 98.5 Å². The summed E-state index contributed by atoms with van der Waals surface area (Å²) in [5, 5.41) is 18.8. The normalized spacial score (nSPS) is 13.6. The van der Waals surface area contributed by atoms with Gasteiger partial charge in [0.15, 0.2) is 23.0 Å². The summed E-state index contributed by atoms with van der Waals surface area (Å²) < 4.78 is 12.6. The third-order valence-corrected chi connectivity index (χ3v) is 5.60. The van der Waals surface area contributed by atoms with E-state index in [1.807, 2.05) is 39.0 Å². The Morgan fingerprint density at radius 3 is 2.69 bits per heavy atom. The smallest absolute Gasteiger partial charge is 0.231 e. The molecule has 32 heavy (non-hydrogen) atoms. The van der Waals surface area contributed by atoms with E-state index >= 15 is 0 Å². The van der Waals surface area contributed by atoms with Crippen molar-refractivity contribution in [2.75, 3.05) is 12.1 Å². The second-order valence-electron chi connectivity index (χ2n) is 9.59. The monoisotopic (exact) mass is 458 g/mol. The van der Waals surface area contributed by atoms with Crippen molar-refractivity contribution >= 4 is 34.4 Å². The second-order valence-corrected chi connectivity index (χ2v) is 9.97. The fourth-order valence-corrected chi connectivity index (χ4v) is 3.61. The Labute approximate surface area is 191 Å². The third kappa shape index (κ3) is 4.38. The first-order valence-electron chi connectivity index (χ1n) is 10.4. The number of carbonyl (C=O) groups is 1. The number of hydrogen-bond acceptors (Lipinski definition) is 6. The number of rotatable bonds is 5. The summed E-state index contributed by atoms with van der Waals surface area (Å²) in [5.74, 6) is 1.37. The van der Waals surface area contributed by atoms with Gasteiger partial charge in [-0.25, -0.2) is 9.67 Å². The number of ether oxygens (including phenoxy) is 2. The van der Waals surface area contributed by atoms with Crippen molar-refractivity contribution < 1.29 is 19.4 Å². The van der Waals surface area contributed by atoms with E-state index < -0.39 is 11.0 Å². The molecule has 0 spiro atoms. The lowest BCUT2D eigenvalue weighted by molar-refractivity contribution is -0.123. The van der Waals surface area contributed by atoms with Crippen molar-refractivity contribution in [2.24, 2.45) is 5.41 Å². The fraction of sp³-hybridized carbons (Fsp3) is 0.435. The van der Waals surface area contributed by atoms with Crippen LogP contribution < -0.4 is 14.8 Å². The van der Waals surface area contributed by atoms with Crippen LogP contribution in [0.1, 0.15) is 41.0 Å². The summed E-state index contributed by atoms with van der Waals surface area (Å²) in [6, 6.07) is 5.56. The van der Waals surface area contributed by atoms with Gasteiger partial charge in [-0.05, 0) is 38.5 Å². The first kappa shape index (κ1) is 22.4. The Balaban J connectivity index is 1.80. The lowest BCUT2D eigenvalue weighted by atomic mass is 9.96. The van der Waals surface area contributed by atoms with E-state index in [0.29, 0.717) is 46.3 Å². The van der Waals surface area contributed by atoms with Crippen LogP contribution in [0.4, 0.5) is 5.82 Å². The largest absolute Gasteiger partial charge is 0.454 e. The van der Waals surface area contributed by atoms with E-state index in [1.54, 1.807) is 24.7 Å². The van der Waals surface area contributed by atoms with Crippen molar-refractivity contribution in [1.82, 2.24) is 14.8 Å². The van der Waals surface area contributed by atoms with Crippen molar-refractivity contribution in [1.29, 1.82) is 0 Å². The zero-order valence-corrected chi connectivity index (χ0v) is 19.6.